The number of carbonyl (C=O) groups excluding carboxylic acids is 2. The highest BCUT2D eigenvalue weighted by Crippen LogP contribution is 2.44. The van der Waals surface area contributed by atoms with Gasteiger partial charge in [-0.1, -0.05) is 53.5 Å². The maximum Gasteiger partial charge on any atom is 0.330 e. The smallest absolute Gasteiger partial charge is 0.330 e. The zero-order valence-corrected chi connectivity index (χ0v) is 28.0. The first-order valence-electron chi connectivity index (χ1n) is 15.4. The molecule has 12 nitrogen and oxygen atoms in total. The Morgan fingerprint density at radius 2 is 1.79 bits per heavy atom. The molecule has 3 heterocycles. The molecule has 2 aromatic carbocycles. The maximum atomic E-state index is 13.1. The third-order valence-electron chi connectivity index (χ3n) is 8.87. The van der Waals surface area contributed by atoms with Crippen LogP contribution in [0.15, 0.2) is 58.3 Å². The number of fused-ring (bicyclic) bond motifs is 1. The largest absolute Gasteiger partial charge is 0.481 e. The van der Waals surface area contributed by atoms with Crippen LogP contribution in [0.25, 0.3) is 22.4 Å². The Hall–Kier alpha value is -4.49. The van der Waals surface area contributed by atoms with Crippen LogP contribution in [-0.4, -0.2) is 56.8 Å². The number of nitrogens with zero attached hydrogens (tertiary/aromatic N) is 3. The first kappa shape index (κ1) is 33.4. The van der Waals surface area contributed by atoms with E-state index in [2.05, 4.69) is 16.0 Å². The lowest BCUT2D eigenvalue weighted by atomic mass is 9.99. The fraction of sp³-hybridized carbons (Fsp3) is 0.324. The standard InChI is InChI=1S/C34H34Cl2N6O6/c1-41-16-22(33(46)42(2)34(41)47)31(45)39-23-9-5-7-20(29(23)36)19-6-4-8-21(28(19)35)24-14-17-15-25(43)30(27(17)32(40-24)48-3)37-13-12-18-10-11-26(44)38-18/h4-9,14,16,18,25,30,37,43H,10-13,15H2,1-3H3,(H,38,44)(H,39,45)/t18-,25-,30-/m0/s1. The Kier molecular flexibility index (Phi) is 9.44. The minimum atomic E-state index is -0.732. The molecule has 14 heteroatoms. The van der Waals surface area contributed by atoms with Gasteiger partial charge in [0.15, 0.2) is 0 Å². The lowest BCUT2D eigenvalue weighted by Gasteiger charge is -2.21. The summed E-state index contributed by atoms with van der Waals surface area (Å²) in [6.07, 6.45) is 2.98. The molecule has 0 radical (unpaired) electrons. The van der Waals surface area contributed by atoms with E-state index in [1.165, 1.54) is 27.4 Å². The van der Waals surface area contributed by atoms with Crippen LogP contribution in [0.5, 0.6) is 5.88 Å². The summed E-state index contributed by atoms with van der Waals surface area (Å²) in [6.45, 7) is 0.604. The molecule has 2 aromatic heterocycles. The van der Waals surface area contributed by atoms with Gasteiger partial charge in [-0.2, -0.15) is 0 Å². The van der Waals surface area contributed by atoms with Gasteiger partial charge in [0, 0.05) is 61.4 Å². The number of nitrogens with one attached hydrogen (secondary N) is 3. The normalized spacial score (nSPS) is 18.5. The number of hydrogen-bond acceptors (Lipinski definition) is 8. The van der Waals surface area contributed by atoms with Gasteiger partial charge in [-0.15, -0.1) is 0 Å². The fourth-order valence-electron chi connectivity index (χ4n) is 6.39. The van der Waals surface area contributed by atoms with Crippen molar-refractivity contribution in [3.8, 4) is 28.3 Å². The van der Waals surface area contributed by atoms with Crippen LogP contribution < -0.4 is 31.9 Å². The van der Waals surface area contributed by atoms with Crippen LogP contribution in [0.1, 0.15) is 46.8 Å². The number of anilines is 1. The molecule has 2 aliphatic rings. The number of aliphatic hydroxyl groups excluding tert-OH is 1. The van der Waals surface area contributed by atoms with E-state index in [4.69, 9.17) is 32.9 Å². The van der Waals surface area contributed by atoms with Crippen LogP contribution in [-0.2, 0) is 25.3 Å². The highest BCUT2D eigenvalue weighted by Gasteiger charge is 2.35. The summed E-state index contributed by atoms with van der Waals surface area (Å²) in [5.74, 6) is -0.278. The molecule has 4 N–H and O–H groups in total. The average molecular weight is 694 g/mol. The summed E-state index contributed by atoms with van der Waals surface area (Å²) in [5.41, 5.74) is 2.67. The number of ether oxygens (including phenoxy) is 1. The van der Waals surface area contributed by atoms with Gasteiger partial charge >= 0.3 is 5.69 Å². The van der Waals surface area contributed by atoms with E-state index < -0.39 is 23.3 Å². The van der Waals surface area contributed by atoms with Crippen LogP contribution in [0, 0.1) is 0 Å². The second-order valence-corrected chi connectivity index (χ2v) is 12.7. The number of amides is 2. The van der Waals surface area contributed by atoms with Crippen LogP contribution >= 0.6 is 23.2 Å². The van der Waals surface area contributed by atoms with E-state index in [1.807, 2.05) is 18.2 Å². The Labute approximate surface area is 285 Å². The van der Waals surface area contributed by atoms with Crippen molar-refractivity contribution in [2.45, 2.75) is 43.9 Å². The Morgan fingerprint density at radius 1 is 1.08 bits per heavy atom. The molecule has 2 amide bonds. The van der Waals surface area contributed by atoms with Crippen molar-refractivity contribution in [2.24, 2.45) is 14.1 Å². The third-order valence-corrected chi connectivity index (χ3v) is 9.69. The number of carbonyl (C=O) groups is 2. The van der Waals surface area contributed by atoms with E-state index in [1.54, 1.807) is 24.3 Å². The van der Waals surface area contributed by atoms with Gasteiger partial charge in [0.05, 0.1) is 40.7 Å². The van der Waals surface area contributed by atoms with Gasteiger partial charge in [0.2, 0.25) is 11.8 Å². The average Bonchev–Trinajstić information content (AvgIpc) is 3.63. The Morgan fingerprint density at radius 3 is 2.50 bits per heavy atom. The molecule has 1 saturated heterocycles. The highest BCUT2D eigenvalue weighted by atomic mass is 35.5. The zero-order chi connectivity index (χ0) is 34.3. The van der Waals surface area contributed by atoms with Gasteiger partial charge in [-0.3, -0.25) is 19.0 Å². The molecule has 250 valence electrons. The molecule has 6 rings (SSSR count). The Balaban J connectivity index is 1.28. The summed E-state index contributed by atoms with van der Waals surface area (Å²) in [6, 6.07) is 12.1. The molecular formula is C34H34Cl2N6O6. The molecule has 1 aliphatic heterocycles. The van der Waals surface area contributed by atoms with Crippen LogP contribution in [0.4, 0.5) is 5.69 Å². The van der Waals surface area contributed by atoms with E-state index in [-0.39, 0.29) is 34.3 Å². The summed E-state index contributed by atoms with van der Waals surface area (Å²) in [7, 11) is 4.28. The molecule has 3 atom stereocenters. The molecule has 0 unspecified atom stereocenters. The van der Waals surface area contributed by atoms with Crippen molar-refractivity contribution in [3.63, 3.8) is 0 Å². The first-order chi connectivity index (χ1) is 23.0. The van der Waals surface area contributed by atoms with Gasteiger partial charge in [-0.25, -0.2) is 9.78 Å². The van der Waals surface area contributed by atoms with Gasteiger partial charge in [-0.05, 0) is 37.1 Å². The maximum absolute atomic E-state index is 13.1. The number of pyridine rings is 1. The van der Waals surface area contributed by atoms with Crippen molar-refractivity contribution in [1.29, 1.82) is 0 Å². The fourth-order valence-corrected chi connectivity index (χ4v) is 6.99. The quantitative estimate of drug-likeness (QED) is 0.207. The van der Waals surface area contributed by atoms with E-state index >= 15 is 0 Å². The monoisotopic (exact) mass is 692 g/mol. The number of rotatable bonds is 9. The van der Waals surface area contributed by atoms with E-state index in [0.29, 0.717) is 52.7 Å². The third kappa shape index (κ3) is 6.24. The predicted molar refractivity (Wildman–Crippen MR) is 183 cm³/mol. The number of aliphatic hydroxyl groups is 1. The minimum absolute atomic E-state index is 0.0698. The Bertz CT molecular complexity index is 2060. The summed E-state index contributed by atoms with van der Waals surface area (Å²) in [4.78, 5) is 54.1. The SMILES string of the molecule is COc1nc(-c2cccc(-c3cccc(NC(=O)c4cn(C)c(=O)n(C)c4=O)c3Cl)c2Cl)cc2c1[C@@H](NCC[C@@H]1CCC(=O)N1)[C@@H](O)C2. The van der Waals surface area contributed by atoms with Crippen molar-refractivity contribution in [1.82, 2.24) is 24.8 Å². The number of aryl methyl sites for hydroxylation is 1. The van der Waals surface area contributed by atoms with Gasteiger partial charge < -0.3 is 30.4 Å². The lowest BCUT2D eigenvalue weighted by molar-refractivity contribution is -0.119. The molecule has 0 spiro atoms. The molecular weight excluding hydrogens is 659 g/mol. The van der Waals surface area contributed by atoms with Crippen LogP contribution in [0.2, 0.25) is 10.0 Å². The number of hydrogen-bond donors (Lipinski definition) is 4. The van der Waals surface area contributed by atoms with Gasteiger partial charge in [0.25, 0.3) is 11.5 Å². The lowest BCUT2D eigenvalue weighted by Crippen LogP contribution is -2.40. The molecule has 1 aliphatic carbocycles. The molecule has 0 bridgehead atoms. The van der Waals surface area contributed by atoms with Crippen molar-refractivity contribution in [2.75, 3.05) is 19.0 Å². The highest BCUT2D eigenvalue weighted by molar-refractivity contribution is 6.39. The first-order valence-corrected chi connectivity index (χ1v) is 16.2. The summed E-state index contributed by atoms with van der Waals surface area (Å²) >= 11 is 13.8. The topological polar surface area (TPSA) is 157 Å². The predicted octanol–water partition coefficient (Wildman–Crippen LogP) is 3.60. The summed E-state index contributed by atoms with van der Waals surface area (Å²) in [5, 5.41) is 20.6. The second-order valence-electron chi connectivity index (χ2n) is 12.0. The van der Waals surface area contributed by atoms with Gasteiger partial charge in [0.1, 0.15) is 5.56 Å². The minimum Gasteiger partial charge on any atom is -0.481 e. The number of aromatic nitrogens is 3. The molecule has 4 aromatic rings. The molecule has 1 fully saturated rings. The number of halogens is 2. The van der Waals surface area contributed by atoms with E-state index in [9.17, 15) is 24.3 Å². The van der Waals surface area contributed by atoms with Crippen molar-refractivity contribution in [3.05, 3.63) is 96.2 Å². The number of benzene rings is 2. The van der Waals surface area contributed by atoms with Crippen molar-refractivity contribution < 1.29 is 19.4 Å². The number of methoxy groups -OCH3 is 1. The molecule has 48 heavy (non-hydrogen) atoms. The summed E-state index contributed by atoms with van der Waals surface area (Å²) < 4.78 is 7.73. The second kappa shape index (κ2) is 13.6. The van der Waals surface area contributed by atoms with Crippen LogP contribution in [0.3, 0.4) is 0 Å². The van der Waals surface area contributed by atoms with E-state index in [0.717, 1.165) is 33.1 Å². The zero-order valence-electron chi connectivity index (χ0n) is 26.5. The van der Waals surface area contributed by atoms with Crippen molar-refractivity contribution >= 4 is 40.7 Å². The molecule has 0 saturated carbocycles.